The Labute approximate surface area is 125 Å². The molecule has 0 unspecified atom stereocenters. The van der Waals surface area contributed by atoms with Crippen LogP contribution in [0.3, 0.4) is 0 Å². The molecule has 0 fully saturated rings. The molecule has 0 aromatic carbocycles. The predicted molar refractivity (Wildman–Crippen MR) is 77.9 cm³/mol. The van der Waals surface area contributed by atoms with Gasteiger partial charge >= 0.3 is 12.1 Å². The number of carbonyl (C=O) groups excluding carboxylic acids is 2. The minimum absolute atomic E-state index is 0.229. The van der Waals surface area contributed by atoms with Crippen molar-refractivity contribution in [1.29, 1.82) is 0 Å². The number of esters is 1. The summed E-state index contributed by atoms with van der Waals surface area (Å²) in [7, 11) is 1.62. The third kappa shape index (κ3) is 5.81. The SMILES string of the molecule is CCOC(=O)c1cccc(CN(C)C(=O)OC(C)(C)C)n1. The van der Waals surface area contributed by atoms with Crippen molar-refractivity contribution in [2.24, 2.45) is 0 Å². The molecule has 0 bridgehead atoms. The number of aromatic nitrogens is 1. The minimum Gasteiger partial charge on any atom is -0.461 e. The van der Waals surface area contributed by atoms with Crippen molar-refractivity contribution in [3.63, 3.8) is 0 Å². The van der Waals surface area contributed by atoms with Gasteiger partial charge in [-0.15, -0.1) is 0 Å². The van der Waals surface area contributed by atoms with Crippen molar-refractivity contribution in [2.75, 3.05) is 13.7 Å². The molecule has 116 valence electrons. The zero-order valence-electron chi connectivity index (χ0n) is 13.2. The summed E-state index contributed by atoms with van der Waals surface area (Å²) >= 11 is 0. The van der Waals surface area contributed by atoms with Crippen LogP contribution in [0, 0.1) is 0 Å². The van der Waals surface area contributed by atoms with Gasteiger partial charge in [0.25, 0.3) is 0 Å². The van der Waals surface area contributed by atoms with E-state index in [0.717, 1.165) is 0 Å². The number of pyridine rings is 1. The van der Waals surface area contributed by atoms with Gasteiger partial charge in [0.05, 0.1) is 18.8 Å². The van der Waals surface area contributed by atoms with Crippen molar-refractivity contribution in [3.05, 3.63) is 29.6 Å². The van der Waals surface area contributed by atoms with Gasteiger partial charge in [0.1, 0.15) is 11.3 Å². The molecule has 1 heterocycles. The van der Waals surface area contributed by atoms with Crippen LogP contribution in [-0.4, -0.2) is 41.2 Å². The van der Waals surface area contributed by atoms with Crippen molar-refractivity contribution in [2.45, 2.75) is 39.8 Å². The number of rotatable bonds is 4. The monoisotopic (exact) mass is 294 g/mol. The summed E-state index contributed by atoms with van der Waals surface area (Å²) in [6, 6.07) is 5.02. The number of ether oxygens (including phenoxy) is 2. The van der Waals surface area contributed by atoms with E-state index in [0.29, 0.717) is 12.3 Å². The van der Waals surface area contributed by atoms with E-state index in [2.05, 4.69) is 4.98 Å². The predicted octanol–water partition coefficient (Wildman–Crippen LogP) is 2.63. The first-order valence-electron chi connectivity index (χ1n) is 6.80. The third-order valence-electron chi connectivity index (χ3n) is 2.40. The fourth-order valence-corrected chi connectivity index (χ4v) is 1.53. The Morgan fingerprint density at radius 2 is 1.95 bits per heavy atom. The normalized spacial score (nSPS) is 10.9. The zero-order valence-corrected chi connectivity index (χ0v) is 13.2. The Kier molecular flexibility index (Phi) is 5.69. The highest BCUT2D eigenvalue weighted by Crippen LogP contribution is 2.11. The molecule has 6 heteroatoms. The number of amides is 1. The van der Waals surface area contributed by atoms with Crippen molar-refractivity contribution in [1.82, 2.24) is 9.88 Å². The van der Waals surface area contributed by atoms with Crippen LogP contribution >= 0.6 is 0 Å². The quantitative estimate of drug-likeness (QED) is 0.798. The highest BCUT2D eigenvalue weighted by Gasteiger charge is 2.20. The average Bonchev–Trinajstić information content (AvgIpc) is 2.37. The first kappa shape index (κ1) is 16.9. The maximum absolute atomic E-state index is 11.9. The molecule has 6 nitrogen and oxygen atoms in total. The zero-order chi connectivity index (χ0) is 16.0. The Morgan fingerprint density at radius 3 is 2.52 bits per heavy atom. The van der Waals surface area contributed by atoms with Crippen LogP contribution in [0.4, 0.5) is 4.79 Å². The maximum Gasteiger partial charge on any atom is 0.410 e. The van der Waals surface area contributed by atoms with Crippen LogP contribution in [-0.2, 0) is 16.0 Å². The van der Waals surface area contributed by atoms with Gasteiger partial charge in [-0.2, -0.15) is 0 Å². The lowest BCUT2D eigenvalue weighted by Gasteiger charge is -2.24. The summed E-state index contributed by atoms with van der Waals surface area (Å²) in [6.07, 6.45) is -0.439. The smallest absolute Gasteiger partial charge is 0.410 e. The molecule has 0 N–H and O–H groups in total. The van der Waals surface area contributed by atoms with E-state index in [-0.39, 0.29) is 12.2 Å². The van der Waals surface area contributed by atoms with E-state index in [9.17, 15) is 9.59 Å². The van der Waals surface area contributed by atoms with Gasteiger partial charge in [-0.05, 0) is 39.8 Å². The number of hydrogen-bond donors (Lipinski definition) is 0. The first-order chi connectivity index (χ1) is 9.73. The van der Waals surface area contributed by atoms with Gasteiger partial charge in [-0.1, -0.05) is 6.07 Å². The molecule has 0 aliphatic heterocycles. The molecular weight excluding hydrogens is 272 g/mol. The molecule has 0 spiro atoms. The van der Waals surface area contributed by atoms with Crippen molar-refractivity contribution >= 4 is 12.1 Å². The highest BCUT2D eigenvalue weighted by atomic mass is 16.6. The molecule has 0 atom stereocenters. The fraction of sp³-hybridized carbons (Fsp3) is 0.533. The van der Waals surface area contributed by atoms with Crippen molar-refractivity contribution in [3.8, 4) is 0 Å². The topological polar surface area (TPSA) is 68.7 Å². The van der Waals surface area contributed by atoms with Crippen LogP contribution in [0.1, 0.15) is 43.9 Å². The second kappa shape index (κ2) is 7.06. The summed E-state index contributed by atoms with van der Waals surface area (Å²) in [5.74, 6) is -0.473. The van der Waals surface area contributed by atoms with E-state index in [1.54, 1.807) is 52.9 Å². The molecule has 0 radical (unpaired) electrons. The summed E-state index contributed by atoms with van der Waals surface area (Å²) in [6.45, 7) is 7.69. The molecule has 0 saturated heterocycles. The van der Waals surface area contributed by atoms with E-state index >= 15 is 0 Å². The number of hydrogen-bond acceptors (Lipinski definition) is 5. The van der Waals surface area contributed by atoms with E-state index in [1.807, 2.05) is 0 Å². The molecule has 1 aromatic heterocycles. The Bertz CT molecular complexity index is 509. The van der Waals surface area contributed by atoms with Crippen LogP contribution in [0.5, 0.6) is 0 Å². The number of nitrogens with zero attached hydrogens (tertiary/aromatic N) is 2. The lowest BCUT2D eigenvalue weighted by molar-refractivity contribution is 0.0283. The van der Waals surface area contributed by atoms with Gasteiger partial charge in [0.2, 0.25) is 0 Å². The molecule has 0 aliphatic carbocycles. The lowest BCUT2D eigenvalue weighted by atomic mass is 10.2. The van der Waals surface area contributed by atoms with Gasteiger partial charge in [0, 0.05) is 7.05 Å². The molecule has 0 saturated carbocycles. The average molecular weight is 294 g/mol. The Balaban J connectivity index is 2.72. The second-order valence-corrected chi connectivity index (χ2v) is 5.57. The molecular formula is C15H22N2O4. The summed E-state index contributed by atoms with van der Waals surface area (Å²) < 4.78 is 10.2. The standard InChI is InChI=1S/C15H22N2O4/c1-6-20-13(18)12-9-7-8-11(16-12)10-17(5)14(19)21-15(2,3)4/h7-9H,6,10H2,1-5H3. The summed E-state index contributed by atoms with van der Waals surface area (Å²) in [5.41, 5.74) is 0.270. The molecule has 0 aliphatic rings. The first-order valence-corrected chi connectivity index (χ1v) is 6.80. The third-order valence-corrected chi connectivity index (χ3v) is 2.40. The molecule has 21 heavy (non-hydrogen) atoms. The van der Waals surface area contributed by atoms with E-state index in [1.165, 1.54) is 4.90 Å². The van der Waals surface area contributed by atoms with Crippen LogP contribution < -0.4 is 0 Å². The molecule has 1 aromatic rings. The number of carbonyl (C=O) groups is 2. The van der Waals surface area contributed by atoms with E-state index < -0.39 is 17.7 Å². The van der Waals surface area contributed by atoms with Crippen LogP contribution in [0.2, 0.25) is 0 Å². The second-order valence-electron chi connectivity index (χ2n) is 5.57. The van der Waals surface area contributed by atoms with Gasteiger partial charge in [-0.25, -0.2) is 14.6 Å². The van der Waals surface area contributed by atoms with Crippen LogP contribution in [0.25, 0.3) is 0 Å². The lowest BCUT2D eigenvalue weighted by Crippen LogP contribution is -2.34. The van der Waals surface area contributed by atoms with Crippen LogP contribution in [0.15, 0.2) is 18.2 Å². The van der Waals surface area contributed by atoms with Gasteiger partial charge in [-0.3, -0.25) is 0 Å². The maximum atomic E-state index is 11.9. The van der Waals surface area contributed by atoms with Gasteiger partial charge < -0.3 is 14.4 Å². The fourth-order valence-electron chi connectivity index (χ4n) is 1.53. The largest absolute Gasteiger partial charge is 0.461 e. The summed E-state index contributed by atoms with van der Waals surface area (Å²) in [5, 5.41) is 0. The molecule has 1 rings (SSSR count). The molecule has 1 amide bonds. The van der Waals surface area contributed by atoms with E-state index in [4.69, 9.17) is 9.47 Å². The summed E-state index contributed by atoms with van der Waals surface area (Å²) in [4.78, 5) is 29.1. The Morgan fingerprint density at radius 1 is 1.29 bits per heavy atom. The van der Waals surface area contributed by atoms with Crippen molar-refractivity contribution < 1.29 is 19.1 Å². The highest BCUT2D eigenvalue weighted by molar-refractivity contribution is 5.87. The Hall–Kier alpha value is -2.11. The minimum atomic E-state index is -0.550. The van der Waals surface area contributed by atoms with Gasteiger partial charge in [0.15, 0.2) is 0 Å².